The van der Waals surface area contributed by atoms with Crippen molar-refractivity contribution in [3.05, 3.63) is 23.5 Å². The van der Waals surface area contributed by atoms with Gasteiger partial charge >= 0.3 is 5.97 Å². The van der Waals surface area contributed by atoms with Crippen LogP contribution in [0.4, 0.5) is 5.69 Å². The highest BCUT2D eigenvalue weighted by Crippen LogP contribution is 2.18. The second-order valence-electron chi connectivity index (χ2n) is 3.28. The lowest BCUT2D eigenvalue weighted by Crippen LogP contribution is -2.23. The molecule has 0 aromatic carbocycles. The summed E-state index contributed by atoms with van der Waals surface area (Å²) in [5, 5.41) is 8.78. The number of pyridine rings is 1. The first-order chi connectivity index (χ1) is 7.10. The number of anilines is 1. The summed E-state index contributed by atoms with van der Waals surface area (Å²) in [6.45, 7) is 7.75. The van der Waals surface area contributed by atoms with Gasteiger partial charge in [-0.25, -0.2) is 9.78 Å². The molecule has 82 valence electrons. The van der Waals surface area contributed by atoms with Crippen LogP contribution in [0.15, 0.2) is 12.1 Å². The number of nitrogens with zero attached hydrogens (tertiary/aromatic N) is 2. The summed E-state index contributed by atoms with van der Waals surface area (Å²) in [5.41, 5.74) is 1.87. The summed E-state index contributed by atoms with van der Waals surface area (Å²) < 4.78 is 0. The fourth-order valence-corrected chi connectivity index (χ4v) is 1.57. The minimum atomic E-state index is -0.982. The zero-order valence-corrected chi connectivity index (χ0v) is 9.32. The van der Waals surface area contributed by atoms with Gasteiger partial charge in [0.15, 0.2) is 0 Å². The molecule has 0 bridgehead atoms. The molecule has 1 rings (SSSR count). The lowest BCUT2D eigenvalue weighted by atomic mass is 10.2. The monoisotopic (exact) mass is 208 g/mol. The molecule has 0 radical (unpaired) electrons. The molecular formula is C11H16N2O2. The third kappa shape index (κ3) is 2.46. The van der Waals surface area contributed by atoms with Crippen LogP contribution in [0.25, 0.3) is 0 Å². The Balaban J connectivity index is 3.07. The van der Waals surface area contributed by atoms with Gasteiger partial charge in [0.05, 0.1) is 11.4 Å². The largest absolute Gasteiger partial charge is 0.477 e. The predicted molar refractivity (Wildman–Crippen MR) is 59.5 cm³/mol. The maximum Gasteiger partial charge on any atom is 0.354 e. The number of carboxylic acids is 1. The van der Waals surface area contributed by atoms with Crippen molar-refractivity contribution in [2.45, 2.75) is 20.8 Å². The Bertz CT molecular complexity index is 360. The van der Waals surface area contributed by atoms with Crippen LogP contribution < -0.4 is 4.90 Å². The van der Waals surface area contributed by atoms with Crippen LogP contribution >= 0.6 is 0 Å². The number of aryl methyl sites for hydroxylation is 1. The normalized spacial score (nSPS) is 10.1. The van der Waals surface area contributed by atoms with E-state index >= 15 is 0 Å². The Morgan fingerprint density at radius 1 is 1.40 bits per heavy atom. The maximum atomic E-state index is 10.7. The summed E-state index contributed by atoms with van der Waals surface area (Å²) in [6, 6.07) is 3.36. The summed E-state index contributed by atoms with van der Waals surface area (Å²) >= 11 is 0. The molecule has 1 aromatic rings. The Morgan fingerprint density at radius 3 is 2.40 bits per heavy atom. The van der Waals surface area contributed by atoms with E-state index in [4.69, 9.17) is 5.11 Å². The molecule has 1 N–H and O–H groups in total. The molecule has 0 aliphatic carbocycles. The van der Waals surface area contributed by atoms with E-state index in [9.17, 15) is 4.79 Å². The lowest BCUT2D eigenvalue weighted by Gasteiger charge is -2.22. The van der Waals surface area contributed by atoms with Gasteiger partial charge < -0.3 is 10.0 Å². The molecule has 0 fully saturated rings. The molecule has 0 spiro atoms. The van der Waals surface area contributed by atoms with Gasteiger partial charge in [-0.2, -0.15) is 0 Å². The smallest absolute Gasteiger partial charge is 0.354 e. The highest BCUT2D eigenvalue weighted by Gasteiger charge is 2.10. The highest BCUT2D eigenvalue weighted by atomic mass is 16.4. The van der Waals surface area contributed by atoms with Crippen molar-refractivity contribution in [1.29, 1.82) is 0 Å². The van der Waals surface area contributed by atoms with Crippen LogP contribution in [0.5, 0.6) is 0 Å². The Morgan fingerprint density at radius 2 is 2.00 bits per heavy atom. The Kier molecular flexibility index (Phi) is 3.66. The maximum absolute atomic E-state index is 10.7. The van der Waals surface area contributed by atoms with E-state index in [2.05, 4.69) is 23.7 Å². The van der Waals surface area contributed by atoms with E-state index < -0.39 is 5.97 Å². The van der Waals surface area contributed by atoms with E-state index in [1.165, 1.54) is 0 Å². The summed E-state index contributed by atoms with van der Waals surface area (Å²) in [7, 11) is 0. The van der Waals surface area contributed by atoms with Crippen molar-refractivity contribution in [2.75, 3.05) is 18.0 Å². The van der Waals surface area contributed by atoms with Gasteiger partial charge in [-0.1, -0.05) is 0 Å². The molecular weight excluding hydrogens is 192 g/mol. The molecule has 1 aromatic heterocycles. The Hall–Kier alpha value is -1.58. The van der Waals surface area contributed by atoms with E-state index in [1.807, 2.05) is 13.0 Å². The molecule has 0 aliphatic heterocycles. The topological polar surface area (TPSA) is 53.4 Å². The molecule has 0 saturated carbocycles. The third-order valence-electron chi connectivity index (χ3n) is 2.38. The van der Waals surface area contributed by atoms with Crippen LogP contribution in [0.2, 0.25) is 0 Å². The molecule has 4 heteroatoms. The van der Waals surface area contributed by atoms with Crippen molar-refractivity contribution in [3.63, 3.8) is 0 Å². The van der Waals surface area contributed by atoms with E-state index in [-0.39, 0.29) is 5.69 Å². The van der Waals surface area contributed by atoms with Crippen LogP contribution in [0.1, 0.15) is 30.0 Å². The molecule has 0 aliphatic rings. The number of hydrogen-bond acceptors (Lipinski definition) is 3. The second-order valence-corrected chi connectivity index (χ2v) is 3.28. The predicted octanol–water partition coefficient (Wildman–Crippen LogP) is 1.93. The first-order valence-corrected chi connectivity index (χ1v) is 5.06. The zero-order valence-electron chi connectivity index (χ0n) is 9.32. The average molecular weight is 208 g/mol. The number of carboxylic acid groups (broad SMARTS) is 1. The number of aromatic nitrogens is 1. The fourth-order valence-electron chi connectivity index (χ4n) is 1.57. The number of aromatic carboxylic acids is 1. The lowest BCUT2D eigenvalue weighted by molar-refractivity contribution is 0.0690. The molecule has 0 saturated heterocycles. The van der Waals surface area contributed by atoms with Gasteiger partial charge in [0.2, 0.25) is 0 Å². The van der Waals surface area contributed by atoms with Crippen molar-refractivity contribution >= 4 is 11.7 Å². The van der Waals surface area contributed by atoms with Gasteiger partial charge in [-0.3, -0.25) is 0 Å². The number of carbonyl (C=O) groups is 1. The van der Waals surface area contributed by atoms with Crippen molar-refractivity contribution in [1.82, 2.24) is 4.98 Å². The Labute approximate surface area is 89.6 Å². The average Bonchev–Trinajstić information content (AvgIpc) is 2.21. The molecule has 15 heavy (non-hydrogen) atoms. The summed E-state index contributed by atoms with van der Waals surface area (Å²) in [5.74, 6) is -0.982. The van der Waals surface area contributed by atoms with Crippen LogP contribution in [-0.4, -0.2) is 29.1 Å². The van der Waals surface area contributed by atoms with Crippen molar-refractivity contribution < 1.29 is 9.90 Å². The molecule has 0 unspecified atom stereocenters. The van der Waals surface area contributed by atoms with Gasteiger partial charge in [-0.15, -0.1) is 0 Å². The first kappa shape index (κ1) is 11.5. The minimum Gasteiger partial charge on any atom is -0.477 e. The highest BCUT2D eigenvalue weighted by molar-refractivity contribution is 5.85. The van der Waals surface area contributed by atoms with Crippen molar-refractivity contribution in [2.24, 2.45) is 0 Å². The van der Waals surface area contributed by atoms with E-state index in [0.29, 0.717) is 0 Å². The molecule has 1 heterocycles. The summed E-state index contributed by atoms with van der Waals surface area (Å²) in [6.07, 6.45) is 0. The van der Waals surface area contributed by atoms with Crippen LogP contribution in [0, 0.1) is 6.92 Å². The molecule has 0 atom stereocenters. The summed E-state index contributed by atoms with van der Waals surface area (Å²) in [4.78, 5) is 16.9. The third-order valence-corrected chi connectivity index (χ3v) is 2.38. The zero-order chi connectivity index (χ0) is 11.4. The first-order valence-electron chi connectivity index (χ1n) is 5.06. The standard InChI is InChI=1S/C11H16N2O2/c1-4-13(5-2)10-7-6-9(11(14)15)12-8(10)3/h6-7H,4-5H2,1-3H3,(H,14,15). The molecule has 0 amide bonds. The second kappa shape index (κ2) is 4.77. The van der Waals surface area contributed by atoms with Crippen molar-refractivity contribution in [3.8, 4) is 0 Å². The van der Waals surface area contributed by atoms with Gasteiger partial charge in [0.1, 0.15) is 5.69 Å². The number of rotatable bonds is 4. The van der Waals surface area contributed by atoms with Gasteiger partial charge in [0.25, 0.3) is 0 Å². The van der Waals surface area contributed by atoms with E-state index in [0.717, 1.165) is 24.5 Å². The van der Waals surface area contributed by atoms with Gasteiger partial charge in [-0.05, 0) is 32.9 Å². The minimum absolute atomic E-state index is 0.100. The van der Waals surface area contributed by atoms with Crippen LogP contribution in [0.3, 0.4) is 0 Å². The molecule has 4 nitrogen and oxygen atoms in total. The fraction of sp³-hybridized carbons (Fsp3) is 0.455. The number of hydrogen-bond donors (Lipinski definition) is 1. The quantitative estimate of drug-likeness (QED) is 0.821. The van der Waals surface area contributed by atoms with Crippen LogP contribution in [-0.2, 0) is 0 Å². The van der Waals surface area contributed by atoms with E-state index in [1.54, 1.807) is 6.07 Å². The SMILES string of the molecule is CCN(CC)c1ccc(C(=O)O)nc1C. The van der Waals surface area contributed by atoms with Gasteiger partial charge in [0, 0.05) is 13.1 Å².